The lowest BCUT2D eigenvalue weighted by Gasteiger charge is -2.56. The van der Waals surface area contributed by atoms with Gasteiger partial charge in [0.25, 0.3) is 0 Å². The van der Waals surface area contributed by atoms with E-state index in [0.29, 0.717) is 42.9 Å². The number of hydrogen-bond acceptors (Lipinski definition) is 8. The van der Waals surface area contributed by atoms with Crippen molar-refractivity contribution in [2.75, 3.05) is 0 Å². The van der Waals surface area contributed by atoms with Crippen LogP contribution in [0.2, 0.25) is 0 Å². The minimum Gasteiger partial charge on any atom is -0.486 e. The van der Waals surface area contributed by atoms with Crippen molar-refractivity contribution in [1.82, 2.24) is 10.1 Å². The molecule has 0 unspecified atom stereocenters. The number of aliphatic hydroxyl groups excluding tert-OH is 2. The summed E-state index contributed by atoms with van der Waals surface area (Å²) >= 11 is 0. The fourth-order valence-electron chi connectivity index (χ4n) is 5.26. The maximum atomic E-state index is 9.40. The first-order valence-corrected chi connectivity index (χ1v) is 12.7. The molecule has 2 N–H and O–H groups in total. The quantitative estimate of drug-likeness (QED) is 0.274. The number of aliphatic hydroxyl groups is 2. The van der Waals surface area contributed by atoms with Crippen molar-refractivity contribution >= 4 is 0 Å². The molecule has 0 aliphatic heterocycles. The van der Waals surface area contributed by atoms with Crippen molar-refractivity contribution in [3.8, 4) is 5.75 Å². The Labute approximate surface area is 216 Å². The smallest absolute Gasteiger partial charge is 0.174 e. The first-order chi connectivity index (χ1) is 17.9. The van der Waals surface area contributed by atoms with Gasteiger partial charge in [-0.3, -0.25) is 4.90 Å². The van der Waals surface area contributed by atoms with Crippen LogP contribution in [0.3, 0.4) is 0 Å². The zero-order valence-corrected chi connectivity index (χ0v) is 21.3. The van der Waals surface area contributed by atoms with E-state index in [0.717, 1.165) is 35.8 Å². The molecule has 0 amide bonds. The predicted molar refractivity (Wildman–Crippen MR) is 135 cm³/mol. The van der Waals surface area contributed by atoms with E-state index in [1.807, 2.05) is 60.7 Å². The third-order valence-corrected chi connectivity index (χ3v) is 7.51. The molecule has 1 aliphatic carbocycles. The Morgan fingerprint density at radius 3 is 2.08 bits per heavy atom. The number of ether oxygens (including phenoxy) is 1. The Kier molecular flexibility index (Phi) is 7.50. The van der Waals surface area contributed by atoms with Gasteiger partial charge in [0.2, 0.25) is 0 Å². The molecule has 1 fully saturated rings. The van der Waals surface area contributed by atoms with Gasteiger partial charge in [-0.05, 0) is 60.6 Å². The Bertz CT molecular complexity index is 1230. The number of hydrogen-bond donors (Lipinski definition) is 2. The van der Waals surface area contributed by atoms with Crippen LogP contribution in [0.1, 0.15) is 54.8 Å². The van der Waals surface area contributed by atoms with E-state index in [-0.39, 0.29) is 24.7 Å². The normalized spacial score (nSPS) is 18.7. The van der Waals surface area contributed by atoms with Crippen LogP contribution in [-0.2, 0) is 39.3 Å². The summed E-state index contributed by atoms with van der Waals surface area (Å²) in [5.74, 6) is 4.66. The molecular weight excluding hydrogens is 472 g/mol. The molecule has 0 bridgehead atoms. The monoisotopic (exact) mass is 506 g/mol. The summed E-state index contributed by atoms with van der Waals surface area (Å²) in [4.78, 5) is 2.36. The predicted octanol–water partition coefficient (Wildman–Crippen LogP) is 5.08. The van der Waals surface area contributed by atoms with E-state index in [4.69, 9.17) is 18.1 Å². The maximum Gasteiger partial charge on any atom is 0.174 e. The molecule has 0 saturated heterocycles. The van der Waals surface area contributed by atoms with E-state index < -0.39 is 0 Å². The highest BCUT2D eigenvalue weighted by Gasteiger charge is 2.50. The van der Waals surface area contributed by atoms with Crippen molar-refractivity contribution in [3.05, 3.63) is 95.2 Å². The number of para-hydroxylation sites is 1. The van der Waals surface area contributed by atoms with Gasteiger partial charge in [0.15, 0.2) is 5.76 Å². The largest absolute Gasteiger partial charge is 0.486 e. The number of rotatable bonds is 12. The first kappa shape index (κ1) is 25.3. The second-order valence-corrected chi connectivity index (χ2v) is 10.3. The van der Waals surface area contributed by atoms with Gasteiger partial charge in [-0.15, -0.1) is 0 Å². The summed E-state index contributed by atoms with van der Waals surface area (Å²) in [6, 6.07) is 19.4. The molecular formula is C29H34N2O6. The first-order valence-electron chi connectivity index (χ1n) is 12.7. The number of nitrogens with zero attached hydrogens (tertiary/aromatic N) is 2. The lowest BCUT2D eigenvalue weighted by molar-refractivity contribution is -0.0754. The zero-order chi connectivity index (χ0) is 25.8. The molecule has 1 aliphatic rings. The van der Waals surface area contributed by atoms with Crippen molar-refractivity contribution in [3.63, 3.8) is 0 Å². The second kappa shape index (κ2) is 11.0. The van der Waals surface area contributed by atoms with Crippen LogP contribution in [0.15, 0.2) is 74.0 Å². The van der Waals surface area contributed by atoms with Crippen LogP contribution in [0.25, 0.3) is 0 Å². The third kappa shape index (κ3) is 5.82. The molecule has 1 saturated carbocycles. The molecule has 8 nitrogen and oxygen atoms in total. The standard InChI is InChI=1S/C29H34N2O6/c1-29(2)20(12-21-14-27(37-30-21)19-34-22-6-4-3-5-7-22)13-28(29)31(15-23-8-10-25(17-32)35-23)16-24-9-11-26(18-33)36-24/h3-11,14,20,28,32-33H,12-13,15-19H2,1-2H3/t20-,28+/m1/s1. The van der Waals surface area contributed by atoms with Crippen LogP contribution in [0.4, 0.5) is 0 Å². The van der Waals surface area contributed by atoms with Crippen molar-refractivity contribution in [2.24, 2.45) is 11.3 Å². The molecule has 8 heteroatoms. The highest BCUT2D eigenvalue weighted by Crippen LogP contribution is 2.51. The van der Waals surface area contributed by atoms with E-state index in [2.05, 4.69) is 23.9 Å². The minimum absolute atomic E-state index is 0.0124. The Morgan fingerprint density at radius 2 is 1.51 bits per heavy atom. The fourth-order valence-corrected chi connectivity index (χ4v) is 5.26. The van der Waals surface area contributed by atoms with E-state index in [1.54, 1.807) is 0 Å². The molecule has 0 radical (unpaired) electrons. The zero-order valence-electron chi connectivity index (χ0n) is 21.3. The molecule has 1 aromatic carbocycles. The average Bonchev–Trinajstić information content (AvgIpc) is 3.66. The van der Waals surface area contributed by atoms with Crippen LogP contribution < -0.4 is 4.74 Å². The van der Waals surface area contributed by atoms with Crippen LogP contribution >= 0.6 is 0 Å². The summed E-state index contributed by atoms with van der Waals surface area (Å²) in [6.45, 7) is 5.89. The summed E-state index contributed by atoms with van der Waals surface area (Å²) < 4.78 is 22.9. The van der Waals surface area contributed by atoms with Crippen molar-refractivity contribution in [1.29, 1.82) is 0 Å². The van der Waals surface area contributed by atoms with Gasteiger partial charge >= 0.3 is 0 Å². The van der Waals surface area contributed by atoms with Crippen LogP contribution in [0, 0.1) is 11.3 Å². The van der Waals surface area contributed by atoms with Gasteiger partial charge in [0.05, 0.1) is 18.8 Å². The van der Waals surface area contributed by atoms with Gasteiger partial charge in [-0.25, -0.2) is 0 Å². The van der Waals surface area contributed by atoms with Crippen LogP contribution in [0.5, 0.6) is 5.75 Å². The summed E-state index contributed by atoms with van der Waals surface area (Å²) in [5, 5.41) is 23.1. The highest BCUT2D eigenvalue weighted by molar-refractivity contribution is 5.21. The molecule has 196 valence electrons. The summed E-state index contributed by atoms with van der Waals surface area (Å²) in [7, 11) is 0. The van der Waals surface area contributed by atoms with Gasteiger partial charge < -0.3 is 28.3 Å². The average molecular weight is 507 g/mol. The Hall–Kier alpha value is -3.33. The fraction of sp³-hybridized carbons (Fsp3) is 0.414. The molecule has 2 atom stereocenters. The van der Waals surface area contributed by atoms with Gasteiger partial charge in [0.1, 0.15) is 48.6 Å². The van der Waals surface area contributed by atoms with E-state index in [1.165, 1.54) is 0 Å². The van der Waals surface area contributed by atoms with Gasteiger partial charge in [0, 0.05) is 12.1 Å². The van der Waals surface area contributed by atoms with E-state index in [9.17, 15) is 10.2 Å². The highest BCUT2D eigenvalue weighted by atomic mass is 16.5. The second-order valence-electron chi connectivity index (χ2n) is 10.3. The molecule has 3 heterocycles. The Morgan fingerprint density at radius 1 is 0.892 bits per heavy atom. The van der Waals surface area contributed by atoms with Crippen molar-refractivity contribution in [2.45, 2.75) is 65.6 Å². The lowest BCUT2D eigenvalue weighted by Crippen LogP contribution is -2.58. The molecule has 5 rings (SSSR count). The van der Waals surface area contributed by atoms with Gasteiger partial charge in [-0.2, -0.15) is 0 Å². The maximum absolute atomic E-state index is 9.40. The topological polar surface area (TPSA) is 105 Å². The minimum atomic E-state index is -0.120. The third-order valence-electron chi connectivity index (χ3n) is 7.51. The number of aromatic nitrogens is 1. The molecule has 4 aromatic rings. The molecule has 0 spiro atoms. The van der Waals surface area contributed by atoms with Gasteiger partial charge in [-0.1, -0.05) is 37.2 Å². The SMILES string of the molecule is CC1(C)[C@H](Cc2cc(COc3ccccc3)on2)C[C@@H]1N(Cc1ccc(CO)o1)Cc1ccc(CO)o1. The number of furan rings is 2. The molecule has 3 aromatic heterocycles. The Balaban J connectivity index is 1.24. The van der Waals surface area contributed by atoms with Crippen molar-refractivity contribution < 1.29 is 28.3 Å². The summed E-state index contributed by atoms with van der Waals surface area (Å²) in [5.41, 5.74) is 0.949. The van der Waals surface area contributed by atoms with Crippen LogP contribution in [-0.4, -0.2) is 26.3 Å². The van der Waals surface area contributed by atoms with E-state index >= 15 is 0 Å². The lowest BCUT2D eigenvalue weighted by atomic mass is 9.56. The molecule has 37 heavy (non-hydrogen) atoms. The summed E-state index contributed by atoms with van der Waals surface area (Å²) in [6.07, 6.45) is 1.83. The number of benzene rings is 1.